The molecule has 0 aromatic carbocycles. The maximum atomic E-state index is 12.9. The van der Waals surface area contributed by atoms with E-state index in [1.807, 2.05) is 6.92 Å². The zero-order chi connectivity index (χ0) is 11.5. The van der Waals surface area contributed by atoms with Crippen molar-refractivity contribution in [3.05, 3.63) is 47.8 Å². The molecule has 16 heavy (non-hydrogen) atoms. The zero-order valence-corrected chi connectivity index (χ0v) is 8.84. The van der Waals surface area contributed by atoms with Gasteiger partial charge in [0.05, 0.1) is 12.4 Å². The van der Waals surface area contributed by atoms with E-state index in [0.717, 1.165) is 12.7 Å². The van der Waals surface area contributed by atoms with Crippen molar-refractivity contribution < 1.29 is 9.50 Å². The van der Waals surface area contributed by atoms with E-state index in [1.165, 1.54) is 12.3 Å². The quantitative estimate of drug-likeness (QED) is 0.854. The summed E-state index contributed by atoms with van der Waals surface area (Å²) in [5, 5.41) is 14.0. The van der Waals surface area contributed by atoms with Gasteiger partial charge in [-0.2, -0.15) is 5.10 Å². The average molecular weight is 221 g/mol. The summed E-state index contributed by atoms with van der Waals surface area (Å²) < 4.78 is 14.6. The van der Waals surface area contributed by atoms with Gasteiger partial charge in [-0.05, 0) is 13.0 Å². The van der Waals surface area contributed by atoms with E-state index in [9.17, 15) is 9.50 Å². The van der Waals surface area contributed by atoms with Gasteiger partial charge in [0.25, 0.3) is 0 Å². The van der Waals surface area contributed by atoms with Gasteiger partial charge < -0.3 is 5.11 Å². The van der Waals surface area contributed by atoms with Gasteiger partial charge in [-0.3, -0.25) is 9.67 Å². The van der Waals surface area contributed by atoms with Crippen LogP contribution in [0.4, 0.5) is 4.39 Å². The minimum atomic E-state index is -0.886. The molecule has 4 nitrogen and oxygen atoms in total. The van der Waals surface area contributed by atoms with Crippen molar-refractivity contribution in [2.75, 3.05) is 0 Å². The second-order valence-electron chi connectivity index (χ2n) is 3.47. The van der Waals surface area contributed by atoms with Crippen LogP contribution in [0.3, 0.4) is 0 Å². The molecule has 0 radical (unpaired) electrons. The fourth-order valence-electron chi connectivity index (χ4n) is 1.46. The molecule has 1 N–H and O–H groups in total. The number of aliphatic hydroxyl groups is 1. The fourth-order valence-corrected chi connectivity index (χ4v) is 1.46. The van der Waals surface area contributed by atoms with Crippen LogP contribution in [0.2, 0.25) is 0 Å². The number of nitrogens with zero attached hydrogens (tertiary/aromatic N) is 3. The summed E-state index contributed by atoms with van der Waals surface area (Å²) in [7, 11) is 0. The van der Waals surface area contributed by atoms with Crippen molar-refractivity contribution in [1.82, 2.24) is 14.8 Å². The molecule has 2 rings (SSSR count). The lowest BCUT2D eigenvalue weighted by atomic mass is 10.1. The summed E-state index contributed by atoms with van der Waals surface area (Å²) in [5.74, 6) is -0.459. The Labute approximate surface area is 92.4 Å². The molecule has 0 spiro atoms. The van der Waals surface area contributed by atoms with Crippen LogP contribution in [0.5, 0.6) is 0 Å². The highest BCUT2D eigenvalue weighted by molar-refractivity contribution is 5.24. The van der Waals surface area contributed by atoms with Crippen molar-refractivity contribution in [3.63, 3.8) is 0 Å². The number of hydrogen-bond acceptors (Lipinski definition) is 3. The first-order valence-corrected chi connectivity index (χ1v) is 5.01. The third kappa shape index (κ3) is 2.09. The molecule has 0 aliphatic rings. The van der Waals surface area contributed by atoms with Crippen LogP contribution in [-0.4, -0.2) is 19.9 Å². The standard InChI is InChI=1S/C11H12FN3O/c1-2-15-7-9(5-14-15)11(16)8-3-10(12)6-13-4-8/h3-7,11,16H,2H2,1H3. The van der Waals surface area contributed by atoms with Crippen LogP contribution >= 0.6 is 0 Å². The van der Waals surface area contributed by atoms with Crippen LogP contribution in [0.25, 0.3) is 0 Å². The number of halogens is 1. The van der Waals surface area contributed by atoms with Crippen LogP contribution in [0.15, 0.2) is 30.9 Å². The van der Waals surface area contributed by atoms with Gasteiger partial charge in [0.1, 0.15) is 11.9 Å². The number of aromatic nitrogens is 3. The molecule has 2 aromatic heterocycles. The Bertz CT molecular complexity index is 484. The Morgan fingerprint density at radius 2 is 2.19 bits per heavy atom. The molecule has 2 aromatic rings. The van der Waals surface area contributed by atoms with E-state index in [1.54, 1.807) is 17.1 Å². The van der Waals surface area contributed by atoms with Crippen molar-refractivity contribution in [3.8, 4) is 0 Å². The summed E-state index contributed by atoms with van der Waals surface area (Å²) >= 11 is 0. The predicted molar refractivity (Wildman–Crippen MR) is 56.2 cm³/mol. The monoisotopic (exact) mass is 221 g/mol. The maximum absolute atomic E-state index is 12.9. The molecule has 0 aliphatic heterocycles. The number of rotatable bonds is 3. The molecule has 84 valence electrons. The summed E-state index contributed by atoms with van der Waals surface area (Å²) in [6.45, 7) is 2.68. The number of aryl methyl sites for hydroxylation is 1. The smallest absolute Gasteiger partial charge is 0.141 e. The van der Waals surface area contributed by atoms with Crippen LogP contribution in [-0.2, 0) is 6.54 Å². The highest BCUT2D eigenvalue weighted by Gasteiger charge is 2.13. The van der Waals surface area contributed by atoms with E-state index >= 15 is 0 Å². The lowest BCUT2D eigenvalue weighted by Crippen LogP contribution is -2.00. The SMILES string of the molecule is CCn1cc(C(O)c2cncc(F)c2)cn1. The number of pyridine rings is 1. The highest BCUT2D eigenvalue weighted by Crippen LogP contribution is 2.20. The van der Waals surface area contributed by atoms with Crippen LogP contribution in [0, 0.1) is 5.82 Å². The summed E-state index contributed by atoms with van der Waals surface area (Å²) in [4.78, 5) is 3.70. The molecular weight excluding hydrogens is 209 g/mol. The van der Waals surface area contributed by atoms with Gasteiger partial charge in [0, 0.05) is 30.1 Å². The second kappa shape index (κ2) is 4.40. The molecule has 0 amide bonds. The molecule has 1 atom stereocenters. The number of aliphatic hydroxyl groups excluding tert-OH is 1. The van der Waals surface area contributed by atoms with Gasteiger partial charge in [0.2, 0.25) is 0 Å². The first-order chi connectivity index (χ1) is 7.70. The molecular formula is C11H12FN3O. The molecule has 5 heteroatoms. The van der Waals surface area contributed by atoms with Crippen LogP contribution in [0.1, 0.15) is 24.2 Å². The third-order valence-corrected chi connectivity index (χ3v) is 2.33. The van der Waals surface area contributed by atoms with Gasteiger partial charge in [-0.1, -0.05) is 0 Å². The van der Waals surface area contributed by atoms with Crippen molar-refractivity contribution in [1.29, 1.82) is 0 Å². The van der Waals surface area contributed by atoms with Crippen LogP contribution < -0.4 is 0 Å². The van der Waals surface area contributed by atoms with Gasteiger partial charge in [0.15, 0.2) is 0 Å². The molecule has 0 aliphatic carbocycles. The molecule has 0 fully saturated rings. The lowest BCUT2D eigenvalue weighted by Gasteiger charge is -2.07. The minimum absolute atomic E-state index is 0.427. The largest absolute Gasteiger partial charge is 0.383 e. The normalized spacial score (nSPS) is 12.7. The Kier molecular flexibility index (Phi) is 2.96. The van der Waals surface area contributed by atoms with Gasteiger partial charge in [-0.25, -0.2) is 4.39 Å². The first-order valence-electron chi connectivity index (χ1n) is 5.01. The highest BCUT2D eigenvalue weighted by atomic mass is 19.1. The maximum Gasteiger partial charge on any atom is 0.141 e. The van der Waals surface area contributed by atoms with E-state index in [-0.39, 0.29) is 0 Å². The summed E-state index contributed by atoms with van der Waals surface area (Å²) in [6.07, 6.45) is 4.96. The third-order valence-electron chi connectivity index (χ3n) is 2.33. The van der Waals surface area contributed by atoms with E-state index in [4.69, 9.17) is 0 Å². The zero-order valence-electron chi connectivity index (χ0n) is 8.84. The fraction of sp³-hybridized carbons (Fsp3) is 0.273. The van der Waals surface area contributed by atoms with E-state index in [0.29, 0.717) is 11.1 Å². The second-order valence-corrected chi connectivity index (χ2v) is 3.47. The van der Waals surface area contributed by atoms with E-state index in [2.05, 4.69) is 10.1 Å². The average Bonchev–Trinajstić information content (AvgIpc) is 2.76. The lowest BCUT2D eigenvalue weighted by molar-refractivity contribution is 0.219. The Morgan fingerprint density at radius 1 is 1.38 bits per heavy atom. The van der Waals surface area contributed by atoms with Gasteiger partial charge >= 0.3 is 0 Å². The number of hydrogen-bond donors (Lipinski definition) is 1. The summed E-state index contributed by atoms with van der Waals surface area (Å²) in [6, 6.07) is 1.26. The molecule has 1 unspecified atom stereocenters. The van der Waals surface area contributed by atoms with Crippen molar-refractivity contribution in [2.45, 2.75) is 19.6 Å². The first kappa shape index (κ1) is 10.8. The van der Waals surface area contributed by atoms with Crippen molar-refractivity contribution in [2.24, 2.45) is 0 Å². The topological polar surface area (TPSA) is 50.9 Å². The Morgan fingerprint density at radius 3 is 2.81 bits per heavy atom. The molecule has 0 bridgehead atoms. The van der Waals surface area contributed by atoms with Gasteiger partial charge in [-0.15, -0.1) is 0 Å². The van der Waals surface area contributed by atoms with Crippen molar-refractivity contribution >= 4 is 0 Å². The summed E-state index contributed by atoms with van der Waals surface area (Å²) in [5.41, 5.74) is 1.06. The Balaban J connectivity index is 2.27. The predicted octanol–water partition coefficient (Wildman–Crippen LogP) is 1.52. The molecule has 0 saturated heterocycles. The molecule has 0 saturated carbocycles. The van der Waals surface area contributed by atoms with E-state index < -0.39 is 11.9 Å². The molecule has 2 heterocycles. The Hall–Kier alpha value is -1.75. The minimum Gasteiger partial charge on any atom is -0.383 e.